The summed E-state index contributed by atoms with van der Waals surface area (Å²) in [6.07, 6.45) is 5.45. The average molecular weight is 503 g/mol. The van der Waals surface area contributed by atoms with Crippen molar-refractivity contribution in [1.82, 2.24) is 15.0 Å². The Morgan fingerprint density at radius 2 is 1.90 bits per heavy atom. The van der Waals surface area contributed by atoms with Crippen LogP contribution in [-0.2, 0) is 4.79 Å². The third kappa shape index (κ3) is 6.67. The maximum Gasteiger partial charge on any atom is 0.303 e. The molecular weight excluding hydrogens is 481 g/mol. The van der Waals surface area contributed by atoms with E-state index in [-0.39, 0.29) is 37.2 Å². The van der Waals surface area contributed by atoms with E-state index in [0.29, 0.717) is 16.7 Å². The number of pyridine rings is 2. The Bertz CT molecular complexity index is 994. The zero-order valence-electron chi connectivity index (χ0n) is 16.4. The van der Waals surface area contributed by atoms with Gasteiger partial charge in [0.1, 0.15) is 11.6 Å². The molecular formula is C20H22Cl3N5O2S. The zero-order chi connectivity index (χ0) is 20.2. The quantitative estimate of drug-likeness (QED) is 0.458. The van der Waals surface area contributed by atoms with Crippen molar-refractivity contribution < 1.29 is 9.90 Å². The first-order chi connectivity index (χ1) is 14.1. The van der Waals surface area contributed by atoms with Crippen LogP contribution in [0.4, 0.5) is 16.8 Å². The number of thiazole rings is 1. The summed E-state index contributed by atoms with van der Waals surface area (Å²) in [6, 6.07) is 9.36. The van der Waals surface area contributed by atoms with Gasteiger partial charge >= 0.3 is 5.97 Å². The molecule has 0 saturated carbocycles. The van der Waals surface area contributed by atoms with Crippen LogP contribution in [0.3, 0.4) is 0 Å². The Labute approximate surface area is 201 Å². The van der Waals surface area contributed by atoms with Crippen LogP contribution in [0.15, 0.2) is 42.7 Å². The van der Waals surface area contributed by atoms with E-state index >= 15 is 0 Å². The van der Waals surface area contributed by atoms with E-state index in [4.69, 9.17) is 16.7 Å². The molecule has 166 valence electrons. The van der Waals surface area contributed by atoms with E-state index < -0.39 is 5.97 Å². The highest BCUT2D eigenvalue weighted by Crippen LogP contribution is 2.33. The number of anilines is 3. The molecule has 1 aliphatic rings. The topological polar surface area (TPSA) is 91.2 Å². The molecule has 0 spiro atoms. The van der Waals surface area contributed by atoms with Crippen molar-refractivity contribution in [3.63, 3.8) is 0 Å². The summed E-state index contributed by atoms with van der Waals surface area (Å²) in [6.45, 7) is 1.67. The van der Waals surface area contributed by atoms with Gasteiger partial charge in [0.25, 0.3) is 0 Å². The molecule has 3 aromatic rings. The maximum absolute atomic E-state index is 10.9. The molecule has 7 nitrogen and oxygen atoms in total. The third-order valence-corrected chi connectivity index (χ3v) is 6.13. The van der Waals surface area contributed by atoms with Crippen molar-refractivity contribution in [1.29, 1.82) is 0 Å². The molecule has 3 aromatic heterocycles. The van der Waals surface area contributed by atoms with Gasteiger partial charge in [0.05, 0.1) is 15.6 Å². The van der Waals surface area contributed by atoms with Gasteiger partial charge < -0.3 is 15.3 Å². The standard InChI is InChI=1S/C20H20ClN5O2S.2ClH/c21-14-4-5-17(22-11-14)25-18-3-1-2-15(24-18)16-12-23-20(29-16)26-8-6-13(7-9-26)10-19(27)28;;/h1-5,11-13H,6-10H2,(H,27,28)(H,22,24,25);2*1H. The highest BCUT2D eigenvalue weighted by atomic mass is 35.5. The van der Waals surface area contributed by atoms with Crippen LogP contribution in [0.5, 0.6) is 0 Å². The highest BCUT2D eigenvalue weighted by molar-refractivity contribution is 7.18. The minimum atomic E-state index is -0.714. The SMILES string of the molecule is Cl.Cl.O=C(O)CC1CCN(c2ncc(-c3cccc(Nc4ccc(Cl)cn4)n3)s2)CC1. The minimum absolute atomic E-state index is 0. The number of aromatic nitrogens is 3. The molecule has 1 fully saturated rings. The van der Waals surface area contributed by atoms with Crippen LogP contribution in [0, 0.1) is 5.92 Å². The second-order valence-corrected chi connectivity index (χ2v) is 8.38. The minimum Gasteiger partial charge on any atom is -0.481 e. The van der Waals surface area contributed by atoms with E-state index in [9.17, 15) is 4.79 Å². The smallest absolute Gasteiger partial charge is 0.303 e. The number of hydrogen-bond acceptors (Lipinski definition) is 7. The summed E-state index contributed by atoms with van der Waals surface area (Å²) in [5, 5.41) is 13.7. The average Bonchev–Trinajstić information content (AvgIpc) is 3.20. The summed E-state index contributed by atoms with van der Waals surface area (Å²) >= 11 is 7.47. The fourth-order valence-corrected chi connectivity index (χ4v) is 4.38. The Hall–Kier alpha value is -2.13. The van der Waals surface area contributed by atoms with E-state index in [0.717, 1.165) is 41.6 Å². The fourth-order valence-electron chi connectivity index (χ4n) is 3.33. The lowest BCUT2D eigenvalue weighted by atomic mass is 9.94. The van der Waals surface area contributed by atoms with Gasteiger partial charge in [-0.05, 0) is 43.0 Å². The second kappa shape index (κ2) is 11.5. The summed E-state index contributed by atoms with van der Waals surface area (Å²) in [7, 11) is 0. The van der Waals surface area contributed by atoms with Gasteiger partial charge in [-0.25, -0.2) is 15.0 Å². The molecule has 0 amide bonds. The highest BCUT2D eigenvalue weighted by Gasteiger charge is 2.23. The number of piperidine rings is 1. The zero-order valence-corrected chi connectivity index (χ0v) is 19.6. The predicted octanol–water partition coefficient (Wildman–Crippen LogP) is 5.53. The number of carbonyl (C=O) groups is 1. The Balaban J connectivity index is 0.00000171. The monoisotopic (exact) mass is 501 g/mol. The van der Waals surface area contributed by atoms with E-state index in [1.165, 1.54) is 0 Å². The van der Waals surface area contributed by atoms with E-state index in [1.54, 1.807) is 29.7 Å². The maximum atomic E-state index is 10.9. The number of carboxylic acid groups (broad SMARTS) is 1. The lowest BCUT2D eigenvalue weighted by molar-refractivity contribution is -0.138. The number of rotatable bonds is 6. The fraction of sp³-hybridized carbons (Fsp3) is 0.300. The van der Waals surface area contributed by atoms with Crippen molar-refractivity contribution in [2.45, 2.75) is 19.3 Å². The van der Waals surface area contributed by atoms with Crippen molar-refractivity contribution >= 4 is 70.5 Å². The molecule has 1 aliphatic heterocycles. The molecule has 0 atom stereocenters. The summed E-state index contributed by atoms with van der Waals surface area (Å²) in [5.74, 6) is 0.914. The van der Waals surface area contributed by atoms with Gasteiger partial charge in [-0.3, -0.25) is 4.79 Å². The number of halogens is 3. The largest absolute Gasteiger partial charge is 0.481 e. The number of nitrogens with one attached hydrogen (secondary N) is 1. The normalized spacial score (nSPS) is 13.8. The Morgan fingerprint density at radius 3 is 2.58 bits per heavy atom. The molecule has 4 rings (SSSR count). The lowest BCUT2D eigenvalue weighted by Gasteiger charge is -2.30. The predicted molar refractivity (Wildman–Crippen MR) is 130 cm³/mol. The Kier molecular flexibility index (Phi) is 9.31. The van der Waals surface area contributed by atoms with Crippen molar-refractivity contribution in [2.24, 2.45) is 5.92 Å². The number of hydrogen-bond donors (Lipinski definition) is 2. The number of nitrogens with zero attached hydrogens (tertiary/aromatic N) is 4. The summed E-state index contributed by atoms with van der Waals surface area (Å²) in [5.41, 5.74) is 0.841. The lowest BCUT2D eigenvalue weighted by Crippen LogP contribution is -2.34. The first kappa shape index (κ1) is 25.1. The molecule has 4 heterocycles. The van der Waals surface area contributed by atoms with Gasteiger partial charge in [0, 0.05) is 31.9 Å². The van der Waals surface area contributed by atoms with Crippen molar-refractivity contribution in [3.8, 4) is 10.6 Å². The first-order valence-corrected chi connectivity index (χ1v) is 10.5. The first-order valence-electron chi connectivity index (χ1n) is 9.35. The van der Waals surface area contributed by atoms with Gasteiger partial charge in [-0.15, -0.1) is 24.8 Å². The molecule has 0 aromatic carbocycles. The van der Waals surface area contributed by atoms with Crippen molar-refractivity contribution in [2.75, 3.05) is 23.3 Å². The molecule has 0 unspecified atom stereocenters. The van der Waals surface area contributed by atoms with Crippen LogP contribution >= 0.6 is 47.8 Å². The molecule has 0 bridgehead atoms. The molecule has 1 saturated heterocycles. The molecule has 0 radical (unpaired) electrons. The van der Waals surface area contributed by atoms with Gasteiger partial charge in [0.2, 0.25) is 0 Å². The summed E-state index contributed by atoms with van der Waals surface area (Å²) in [4.78, 5) is 27.6. The van der Waals surface area contributed by atoms with Crippen LogP contribution < -0.4 is 10.2 Å². The number of aliphatic carboxylic acids is 1. The van der Waals surface area contributed by atoms with Gasteiger partial charge in [0.15, 0.2) is 5.13 Å². The molecule has 31 heavy (non-hydrogen) atoms. The van der Waals surface area contributed by atoms with E-state index in [1.807, 2.05) is 24.4 Å². The number of carboxylic acids is 1. The summed E-state index contributed by atoms with van der Waals surface area (Å²) < 4.78 is 0. The molecule has 0 aliphatic carbocycles. The molecule has 2 N–H and O–H groups in total. The van der Waals surface area contributed by atoms with Crippen molar-refractivity contribution in [3.05, 3.63) is 47.7 Å². The van der Waals surface area contributed by atoms with Gasteiger partial charge in [-0.2, -0.15) is 0 Å². The van der Waals surface area contributed by atoms with Crippen LogP contribution in [-0.4, -0.2) is 39.1 Å². The molecule has 11 heteroatoms. The van der Waals surface area contributed by atoms with Crippen LogP contribution in [0.25, 0.3) is 10.6 Å². The van der Waals surface area contributed by atoms with E-state index in [2.05, 4.69) is 25.2 Å². The third-order valence-electron chi connectivity index (χ3n) is 4.83. The Morgan fingerprint density at radius 1 is 1.13 bits per heavy atom. The van der Waals surface area contributed by atoms with Crippen LogP contribution in [0.2, 0.25) is 5.02 Å². The van der Waals surface area contributed by atoms with Gasteiger partial charge in [-0.1, -0.05) is 29.0 Å². The van der Waals surface area contributed by atoms with Crippen LogP contribution in [0.1, 0.15) is 19.3 Å². The second-order valence-electron chi connectivity index (χ2n) is 6.93.